The fraction of sp³-hybridized carbons (Fsp3) is 0.250. The number of amides is 1. The van der Waals surface area contributed by atoms with Crippen LogP contribution in [-0.2, 0) is 4.79 Å². The minimum absolute atomic E-state index is 0.317. The zero-order chi connectivity index (χ0) is 13.8. The molecule has 0 aliphatic heterocycles. The maximum absolute atomic E-state index is 10.9. The minimum atomic E-state index is -0.422. The van der Waals surface area contributed by atoms with Gasteiger partial charge in [-0.3, -0.25) is 4.79 Å². The van der Waals surface area contributed by atoms with Gasteiger partial charge in [-0.2, -0.15) is 0 Å². The number of nitrogens with two attached hydrogens (primary N) is 1. The van der Waals surface area contributed by atoms with Crippen molar-refractivity contribution in [3.63, 3.8) is 0 Å². The first kappa shape index (κ1) is 13.4. The van der Waals surface area contributed by atoms with Crippen LogP contribution in [-0.4, -0.2) is 28.5 Å². The Balaban J connectivity index is 2.13. The number of hydrogen-bond donors (Lipinski definition) is 1. The molecule has 0 bridgehead atoms. The third-order valence-corrected chi connectivity index (χ3v) is 3.37. The summed E-state index contributed by atoms with van der Waals surface area (Å²) in [5.74, 6) is 0.719. The number of ether oxygens (including phenoxy) is 1. The first-order valence-electron chi connectivity index (χ1n) is 5.54. The zero-order valence-electron chi connectivity index (χ0n) is 10.5. The largest absolute Gasteiger partial charge is 0.497 e. The van der Waals surface area contributed by atoms with Crippen molar-refractivity contribution in [2.24, 2.45) is 5.73 Å². The van der Waals surface area contributed by atoms with Gasteiger partial charge in [0.05, 0.1) is 12.4 Å². The van der Waals surface area contributed by atoms with Gasteiger partial charge in [-0.25, -0.2) is 0 Å². The Morgan fingerprint density at radius 1 is 1.37 bits per heavy atom. The third-order valence-electron chi connectivity index (χ3n) is 2.42. The summed E-state index contributed by atoms with van der Waals surface area (Å²) in [5, 5.41) is 7.69. The number of carbonyl (C=O) groups is 1. The molecule has 2 N–H and O–H groups in total. The fourth-order valence-electron chi connectivity index (χ4n) is 1.32. The van der Waals surface area contributed by atoms with Gasteiger partial charge in [-0.05, 0) is 31.2 Å². The highest BCUT2D eigenvalue weighted by Gasteiger charge is 2.16. The SMILES string of the molecule is COc1ccc(-c2nnc(SC(C)C(N)=O)o2)cc1. The van der Waals surface area contributed by atoms with Gasteiger partial charge in [0, 0.05) is 5.56 Å². The predicted molar refractivity (Wildman–Crippen MR) is 70.8 cm³/mol. The van der Waals surface area contributed by atoms with Gasteiger partial charge in [0.15, 0.2) is 0 Å². The second kappa shape index (κ2) is 5.75. The second-order valence-electron chi connectivity index (χ2n) is 3.76. The number of hydrogen-bond acceptors (Lipinski definition) is 6. The Hall–Kier alpha value is -2.02. The van der Waals surface area contributed by atoms with E-state index in [1.54, 1.807) is 26.2 Å². The number of methoxy groups -OCH3 is 1. The molecule has 2 rings (SSSR count). The van der Waals surface area contributed by atoms with Crippen molar-refractivity contribution in [3.8, 4) is 17.2 Å². The van der Waals surface area contributed by atoms with Gasteiger partial charge in [0.25, 0.3) is 5.22 Å². The van der Waals surface area contributed by atoms with Crippen molar-refractivity contribution in [3.05, 3.63) is 24.3 Å². The lowest BCUT2D eigenvalue weighted by Gasteiger charge is -2.01. The number of rotatable bonds is 5. The van der Waals surface area contributed by atoms with Crippen molar-refractivity contribution in [2.45, 2.75) is 17.4 Å². The Labute approximate surface area is 114 Å². The van der Waals surface area contributed by atoms with Gasteiger partial charge in [0.2, 0.25) is 11.8 Å². The molecule has 0 saturated carbocycles. The minimum Gasteiger partial charge on any atom is -0.497 e. The molecule has 6 nitrogen and oxygen atoms in total. The Morgan fingerprint density at radius 3 is 2.63 bits per heavy atom. The first-order chi connectivity index (χ1) is 9.10. The van der Waals surface area contributed by atoms with Crippen LogP contribution in [0.15, 0.2) is 33.9 Å². The molecule has 0 aliphatic rings. The zero-order valence-corrected chi connectivity index (χ0v) is 11.3. The molecule has 2 aromatic rings. The third kappa shape index (κ3) is 3.25. The summed E-state index contributed by atoms with van der Waals surface area (Å²) in [6, 6.07) is 7.24. The van der Waals surface area contributed by atoms with Crippen molar-refractivity contribution in [1.82, 2.24) is 10.2 Å². The molecule has 0 spiro atoms. The van der Waals surface area contributed by atoms with Gasteiger partial charge >= 0.3 is 0 Å². The summed E-state index contributed by atoms with van der Waals surface area (Å²) in [5.41, 5.74) is 5.95. The molecule has 1 unspecified atom stereocenters. The molecular weight excluding hydrogens is 266 g/mol. The highest BCUT2D eigenvalue weighted by Crippen LogP contribution is 2.26. The van der Waals surface area contributed by atoms with E-state index in [4.69, 9.17) is 14.9 Å². The van der Waals surface area contributed by atoms with E-state index < -0.39 is 11.2 Å². The molecule has 0 aliphatic carbocycles. The van der Waals surface area contributed by atoms with Crippen molar-refractivity contribution < 1.29 is 13.9 Å². The van der Waals surface area contributed by atoms with Gasteiger partial charge in [-0.15, -0.1) is 10.2 Å². The van der Waals surface area contributed by atoms with E-state index in [-0.39, 0.29) is 0 Å². The van der Waals surface area contributed by atoms with E-state index >= 15 is 0 Å². The number of carbonyl (C=O) groups excluding carboxylic acids is 1. The number of nitrogens with zero attached hydrogens (tertiary/aromatic N) is 2. The normalized spacial score (nSPS) is 12.1. The van der Waals surface area contributed by atoms with Crippen LogP contribution in [0.2, 0.25) is 0 Å². The molecule has 1 aromatic heterocycles. The van der Waals surface area contributed by atoms with E-state index in [9.17, 15) is 4.79 Å². The van der Waals surface area contributed by atoms with Crippen LogP contribution in [0.25, 0.3) is 11.5 Å². The molecule has 1 atom stereocenters. The Bertz CT molecular complexity index is 568. The van der Waals surface area contributed by atoms with Gasteiger partial charge < -0.3 is 14.9 Å². The molecular formula is C12H13N3O3S. The average Bonchev–Trinajstić information content (AvgIpc) is 2.87. The molecule has 0 radical (unpaired) electrons. The monoisotopic (exact) mass is 279 g/mol. The van der Waals surface area contributed by atoms with Crippen LogP contribution < -0.4 is 10.5 Å². The number of benzene rings is 1. The standard InChI is InChI=1S/C12H13N3O3S/c1-7(10(13)16)19-12-15-14-11(18-12)8-3-5-9(17-2)6-4-8/h3-7H,1-2H3,(H2,13,16). The summed E-state index contributed by atoms with van der Waals surface area (Å²) < 4.78 is 10.5. The second-order valence-corrected chi connectivity index (χ2v) is 5.06. The molecule has 1 amide bonds. The lowest BCUT2D eigenvalue weighted by atomic mass is 10.2. The number of primary amides is 1. The highest BCUT2D eigenvalue weighted by atomic mass is 32.2. The van der Waals surface area contributed by atoms with E-state index in [2.05, 4.69) is 10.2 Å². The molecule has 0 saturated heterocycles. The summed E-state index contributed by atoms with van der Waals surface area (Å²) in [4.78, 5) is 10.9. The first-order valence-corrected chi connectivity index (χ1v) is 6.42. The van der Waals surface area contributed by atoms with Crippen molar-refractivity contribution in [2.75, 3.05) is 7.11 Å². The van der Waals surface area contributed by atoms with Crippen LogP contribution in [0.5, 0.6) is 5.75 Å². The molecule has 100 valence electrons. The molecule has 1 heterocycles. The predicted octanol–water partition coefficient (Wildman–Crippen LogP) is 1.71. The Kier molecular flexibility index (Phi) is 4.06. The summed E-state index contributed by atoms with van der Waals surface area (Å²) in [6.45, 7) is 1.68. The van der Waals surface area contributed by atoms with E-state index in [0.717, 1.165) is 23.1 Å². The van der Waals surface area contributed by atoms with Crippen molar-refractivity contribution >= 4 is 17.7 Å². The summed E-state index contributed by atoms with van der Waals surface area (Å²) >= 11 is 1.14. The summed E-state index contributed by atoms with van der Waals surface area (Å²) in [6.07, 6.45) is 0. The van der Waals surface area contributed by atoms with E-state index in [1.165, 1.54) is 0 Å². The maximum Gasteiger partial charge on any atom is 0.277 e. The van der Waals surface area contributed by atoms with Crippen LogP contribution in [0.4, 0.5) is 0 Å². The number of thioether (sulfide) groups is 1. The van der Waals surface area contributed by atoms with E-state index in [0.29, 0.717) is 11.1 Å². The van der Waals surface area contributed by atoms with E-state index in [1.807, 2.05) is 12.1 Å². The molecule has 1 aromatic carbocycles. The quantitative estimate of drug-likeness (QED) is 0.838. The maximum atomic E-state index is 10.9. The van der Waals surface area contributed by atoms with Crippen molar-refractivity contribution in [1.29, 1.82) is 0 Å². The van der Waals surface area contributed by atoms with Crippen LogP contribution in [0.3, 0.4) is 0 Å². The highest BCUT2D eigenvalue weighted by molar-refractivity contribution is 8.00. The van der Waals surface area contributed by atoms with Crippen LogP contribution in [0.1, 0.15) is 6.92 Å². The smallest absolute Gasteiger partial charge is 0.277 e. The lowest BCUT2D eigenvalue weighted by Crippen LogP contribution is -2.22. The van der Waals surface area contributed by atoms with Crippen LogP contribution >= 0.6 is 11.8 Å². The molecule has 0 fully saturated rings. The van der Waals surface area contributed by atoms with Gasteiger partial charge in [0.1, 0.15) is 5.75 Å². The summed E-state index contributed by atoms with van der Waals surface area (Å²) in [7, 11) is 1.60. The molecule has 7 heteroatoms. The topological polar surface area (TPSA) is 91.2 Å². The molecule has 19 heavy (non-hydrogen) atoms. The van der Waals surface area contributed by atoms with Gasteiger partial charge in [-0.1, -0.05) is 11.8 Å². The number of aromatic nitrogens is 2. The Morgan fingerprint density at radius 2 is 2.05 bits per heavy atom. The average molecular weight is 279 g/mol. The van der Waals surface area contributed by atoms with Crippen LogP contribution in [0, 0.1) is 0 Å². The lowest BCUT2D eigenvalue weighted by molar-refractivity contribution is -0.117. The fourth-order valence-corrected chi connectivity index (χ4v) is 1.95.